The molecule has 0 saturated carbocycles. The first-order valence-electron chi connectivity index (χ1n) is 8.96. The van der Waals surface area contributed by atoms with Crippen LogP contribution in [0.2, 0.25) is 5.02 Å². The summed E-state index contributed by atoms with van der Waals surface area (Å²) < 4.78 is 2.21. The second-order valence-electron chi connectivity index (χ2n) is 6.50. The number of nitrogens with one attached hydrogen (secondary N) is 1. The first kappa shape index (κ1) is 17.0. The first-order valence-corrected chi connectivity index (χ1v) is 9.34. The number of fused-ring (bicyclic) bond motifs is 2. The Kier molecular flexibility index (Phi) is 4.84. The van der Waals surface area contributed by atoms with Gasteiger partial charge in [-0.15, -0.1) is 10.2 Å². The summed E-state index contributed by atoms with van der Waals surface area (Å²) in [6, 6.07) is 7.13. The summed E-state index contributed by atoms with van der Waals surface area (Å²) in [6.45, 7) is 1.48. The molecule has 1 aromatic carbocycles. The molecule has 4 rings (SSSR count). The van der Waals surface area contributed by atoms with Crippen LogP contribution in [0, 0.1) is 0 Å². The Morgan fingerprint density at radius 1 is 1.19 bits per heavy atom. The lowest BCUT2D eigenvalue weighted by Crippen LogP contribution is -2.27. The molecule has 134 valence electrons. The highest BCUT2D eigenvalue weighted by Crippen LogP contribution is 2.24. The zero-order valence-corrected chi connectivity index (χ0v) is 15.2. The molecule has 0 fully saturated rings. The molecule has 1 aliphatic rings. The van der Waals surface area contributed by atoms with Crippen LogP contribution in [-0.4, -0.2) is 32.2 Å². The van der Waals surface area contributed by atoms with Crippen molar-refractivity contribution in [3.63, 3.8) is 0 Å². The van der Waals surface area contributed by atoms with Gasteiger partial charge in [-0.2, -0.15) is 0 Å². The van der Waals surface area contributed by atoms with Gasteiger partial charge in [0.15, 0.2) is 0 Å². The van der Waals surface area contributed by atoms with Crippen molar-refractivity contribution < 1.29 is 4.79 Å². The molecule has 0 spiro atoms. The summed E-state index contributed by atoms with van der Waals surface area (Å²) in [4.78, 5) is 16.9. The number of amides is 1. The van der Waals surface area contributed by atoms with Gasteiger partial charge < -0.3 is 9.88 Å². The van der Waals surface area contributed by atoms with E-state index in [1.807, 2.05) is 12.1 Å². The Morgan fingerprint density at radius 3 is 3.04 bits per heavy atom. The van der Waals surface area contributed by atoms with Gasteiger partial charge in [-0.1, -0.05) is 18.0 Å². The molecule has 1 N–H and O–H groups in total. The number of carbonyl (C=O) groups excluding carboxylic acids is 1. The highest BCUT2D eigenvalue weighted by molar-refractivity contribution is 6.36. The summed E-state index contributed by atoms with van der Waals surface area (Å²) in [7, 11) is 0. The zero-order valence-electron chi connectivity index (χ0n) is 14.4. The lowest BCUT2D eigenvalue weighted by molar-refractivity contribution is 0.0955. The van der Waals surface area contributed by atoms with Gasteiger partial charge in [0.2, 0.25) is 0 Å². The normalized spacial score (nSPS) is 14.0. The number of pyridine rings is 1. The van der Waals surface area contributed by atoms with E-state index in [9.17, 15) is 4.79 Å². The van der Waals surface area contributed by atoms with Crippen LogP contribution in [0.15, 0.2) is 30.5 Å². The largest absolute Gasteiger partial charge is 0.352 e. The fraction of sp³-hybridized carbons (Fsp3) is 0.368. The van der Waals surface area contributed by atoms with Crippen LogP contribution >= 0.6 is 11.6 Å². The molecule has 0 unspecified atom stereocenters. The molecular formula is C19H20ClN5O. The minimum atomic E-state index is -0.152. The van der Waals surface area contributed by atoms with Gasteiger partial charge >= 0.3 is 0 Å². The van der Waals surface area contributed by atoms with Crippen molar-refractivity contribution in [3.8, 4) is 0 Å². The topological polar surface area (TPSA) is 72.7 Å². The third kappa shape index (κ3) is 3.29. The average molecular weight is 370 g/mol. The zero-order chi connectivity index (χ0) is 17.9. The van der Waals surface area contributed by atoms with Crippen molar-refractivity contribution in [2.24, 2.45) is 0 Å². The van der Waals surface area contributed by atoms with Gasteiger partial charge in [-0.05, 0) is 37.1 Å². The van der Waals surface area contributed by atoms with Crippen molar-refractivity contribution in [2.45, 2.75) is 38.6 Å². The summed E-state index contributed by atoms with van der Waals surface area (Å²) >= 11 is 6.20. The van der Waals surface area contributed by atoms with Crippen LogP contribution in [0.25, 0.3) is 10.9 Å². The van der Waals surface area contributed by atoms with E-state index < -0.39 is 0 Å². The number of aromatic nitrogens is 4. The van der Waals surface area contributed by atoms with Crippen LogP contribution < -0.4 is 5.32 Å². The molecule has 0 bridgehead atoms. The van der Waals surface area contributed by atoms with E-state index in [0.717, 1.165) is 36.4 Å². The molecule has 0 atom stereocenters. The van der Waals surface area contributed by atoms with Gasteiger partial charge in [-0.3, -0.25) is 9.78 Å². The predicted octanol–water partition coefficient (Wildman–Crippen LogP) is 3.18. The third-order valence-electron chi connectivity index (χ3n) is 4.78. The lowest BCUT2D eigenvalue weighted by atomic mass is 10.1. The highest BCUT2D eigenvalue weighted by atomic mass is 35.5. The Labute approximate surface area is 156 Å². The number of benzene rings is 1. The summed E-state index contributed by atoms with van der Waals surface area (Å²) in [5, 5.41) is 12.9. The molecule has 3 heterocycles. The quantitative estimate of drug-likeness (QED) is 0.766. The number of carbonyl (C=O) groups is 1. The van der Waals surface area contributed by atoms with E-state index >= 15 is 0 Å². The van der Waals surface area contributed by atoms with E-state index in [4.69, 9.17) is 11.6 Å². The van der Waals surface area contributed by atoms with E-state index in [-0.39, 0.29) is 5.91 Å². The van der Waals surface area contributed by atoms with Crippen molar-refractivity contribution >= 4 is 28.4 Å². The highest BCUT2D eigenvalue weighted by Gasteiger charge is 2.16. The average Bonchev–Trinajstić information content (AvgIpc) is 2.88. The fourth-order valence-corrected chi connectivity index (χ4v) is 3.65. The molecule has 6 nitrogen and oxygen atoms in total. The van der Waals surface area contributed by atoms with Crippen LogP contribution in [0.4, 0.5) is 0 Å². The molecule has 1 aliphatic heterocycles. The monoisotopic (exact) mass is 369 g/mol. The smallest absolute Gasteiger partial charge is 0.253 e. The second kappa shape index (κ2) is 7.41. The summed E-state index contributed by atoms with van der Waals surface area (Å²) in [6.07, 6.45) is 6.88. The van der Waals surface area contributed by atoms with Crippen molar-refractivity contribution in [1.82, 2.24) is 25.1 Å². The number of rotatable bonds is 4. The number of hydrogen-bond acceptors (Lipinski definition) is 4. The van der Waals surface area contributed by atoms with Crippen LogP contribution in [0.5, 0.6) is 0 Å². The van der Waals surface area contributed by atoms with Crippen LogP contribution in [0.1, 0.15) is 41.3 Å². The Morgan fingerprint density at radius 2 is 2.12 bits per heavy atom. The van der Waals surface area contributed by atoms with Gasteiger partial charge in [0, 0.05) is 37.5 Å². The lowest BCUT2D eigenvalue weighted by Gasteiger charge is -2.09. The molecule has 0 aliphatic carbocycles. The Bertz CT molecular complexity index is 952. The maximum absolute atomic E-state index is 12.6. The van der Waals surface area contributed by atoms with Gasteiger partial charge in [0.05, 0.1) is 16.1 Å². The van der Waals surface area contributed by atoms with Crippen molar-refractivity contribution in [1.29, 1.82) is 0 Å². The van der Waals surface area contributed by atoms with Crippen molar-refractivity contribution in [2.75, 3.05) is 6.54 Å². The Balaban J connectivity index is 1.46. The predicted molar refractivity (Wildman–Crippen MR) is 100 cm³/mol. The van der Waals surface area contributed by atoms with Crippen molar-refractivity contribution in [3.05, 3.63) is 52.7 Å². The van der Waals surface area contributed by atoms with Gasteiger partial charge in [0.25, 0.3) is 5.91 Å². The molecule has 0 radical (unpaired) electrons. The minimum absolute atomic E-state index is 0.152. The fourth-order valence-electron chi connectivity index (χ4n) is 3.43. The van der Waals surface area contributed by atoms with E-state index in [1.165, 1.54) is 12.8 Å². The number of halogens is 1. The summed E-state index contributed by atoms with van der Waals surface area (Å²) in [5.74, 6) is 1.86. The number of nitrogens with zero attached hydrogens (tertiary/aromatic N) is 4. The Hall–Kier alpha value is -2.47. The molecule has 7 heteroatoms. The maximum atomic E-state index is 12.6. The molecule has 0 saturated heterocycles. The number of aryl methyl sites for hydroxylation is 1. The summed E-state index contributed by atoms with van der Waals surface area (Å²) in [5.41, 5.74) is 1.15. The standard InChI is InChI=1S/C19H20ClN5O/c20-15-8-7-14(18-13(15)5-4-10-21-18)19(26)22-11-9-17-24-23-16-6-2-1-3-12-25(16)17/h4-5,7-8,10H,1-3,6,9,11-12H2,(H,22,26). The third-order valence-corrected chi connectivity index (χ3v) is 5.11. The molecule has 1 amide bonds. The maximum Gasteiger partial charge on any atom is 0.253 e. The molecular weight excluding hydrogens is 350 g/mol. The molecule has 2 aromatic heterocycles. The van der Waals surface area contributed by atoms with E-state index in [2.05, 4.69) is 25.1 Å². The van der Waals surface area contributed by atoms with Crippen LogP contribution in [-0.2, 0) is 19.4 Å². The first-order chi connectivity index (χ1) is 12.7. The van der Waals surface area contributed by atoms with Crippen LogP contribution in [0.3, 0.4) is 0 Å². The van der Waals surface area contributed by atoms with Gasteiger partial charge in [-0.25, -0.2) is 0 Å². The SMILES string of the molecule is O=C(NCCc1nnc2n1CCCCC2)c1ccc(Cl)c2cccnc12. The molecule has 26 heavy (non-hydrogen) atoms. The number of hydrogen-bond donors (Lipinski definition) is 1. The second-order valence-corrected chi connectivity index (χ2v) is 6.90. The van der Waals surface area contributed by atoms with Gasteiger partial charge in [0.1, 0.15) is 11.6 Å². The minimum Gasteiger partial charge on any atom is -0.352 e. The van der Waals surface area contributed by atoms with E-state index in [1.54, 1.807) is 18.3 Å². The molecule has 3 aromatic rings. The van der Waals surface area contributed by atoms with E-state index in [0.29, 0.717) is 29.1 Å².